The lowest BCUT2D eigenvalue weighted by molar-refractivity contribution is -0.0999. The predicted molar refractivity (Wildman–Crippen MR) is 55.2 cm³/mol. The van der Waals surface area contributed by atoms with Crippen molar-refractivity contribution in [3.8, 4) is 0 Å². The molecular weight excluding hydrogens is 236 g/mol. The molecule has 9 heteroatoms. The van der Waals surface area contributed by atoms with E-state index in [4.69, 9.17) is 15.3 Å². The molecule has 4 atom stereocenters. The quantitative estimate of drug-likeness (QED) is 0.188. The van der Waals surface area contributed by atoms with Crippen LogP contribution in [0.2, 0.25) is 0 Å². The number of carbonyl (C=O) groups is 1. The number of aliphatic imine (C=N–C) groups is 1. The monoisotopic (exact) mass is 252 g/mol. The molecule has 0 bridgehead atoms. The second-order valence-corrected chi connectivity index (χ2v) is 3.14. The average molecular weight is 252 g/mol. The van der Waals surface area contributed by atoms with E-state index in [1.54, 1.807) is 0 Å². The Kier molecular flexibility index (Phi) is 7.54. The minimum Gasteiger partial charge on any atom is -0.394 e. The van der Waals surface area contributed by atoms with E-state index in [0.717, 1.165) is 0 Å². The first-order valence-electron chi connectivity index (χ1n) is 4.70. The van der Waals surface area contributed by atoms with Gasteiger partial charge < -0.3 is 36.0 Å². The van der Waals surface area contributed by atoms with Gasteiger partial charge in [0.2, 0.25) is 0 Å². The van der Waals surface area contributed by atoms with Crippen molar-refractivity contribution in [2.75, 3.05) is 13.3 Å². The van der Waals surface area contributed by atoms with Crippen molar-refractivity contribution in [2.45, 2.75) is 24.4 Å². The number of nitrogens with zero attached hydrogens (tertiary/aromatic N) is 1. The molecule has 0 saturated heterocycles. The summed E-state index contributed by atoms with van der Waals surface area (Å²) in [4.78, 5) is 13.8. The number of aliphatic hydroxyl groups is 6. The van der Waals surface area contributed by atoms with E-state index in [-0.39, 0.29) is 0 Å². The molecule has 7 N–H and O–H groups in total. The molecule has 0 saturated carbocycles. The summed E-state index contributed by atoms with van der Waals surface area (Å²) in [5.74, 6) is 0. The number of carbonyl (C=O) groups excluding carboxylic acids is 1. The molecule has 0 aliphatic heterocycles. The van der Waals surface area contributed by atoms with Crippen LogP contribution in [0.25, 0.3) is 0 Å². The Morgan fingerprint density at radius 3 is 2.24 bits per heavy atom. The van der Waals surface area contributed by atoms with Gasteiger partial charge in [-0.15, -0.1) is 0 Å². The van der Waals surface area contributed by atoms with E-state index in [9.17, 15) is 20.1 Å². The lowest BCUT2D eigenvalue weighted by atomic mass is 10.0. The summed E-state index contributed by atoms with van der Waals surface area (Å²) in [6, 6.07) is -0.948. The zero-order valence-electron chi connectivity index (χ0n) is 8.84. The molecule has 0 aromatic rings. The second kappa shape index (κ2) is 8.06. The van der Waals surface area contributed by atoms with Crippen molar-refractivity contribution in [1.29, 1.82) is 0 Å². The Bertz CT molecular complexity index is 260. The van der Waals surface area contributed by atoms with Crippen molar-refractivity contribution in [3.63, 3.8) is 0 Å². The third kappa shape index (κ3) is 5.68. The Labute approximate surface area is 96.7 Å². The van der Waals surface area contributed by atoms with Crippen LogP contribution in [0.5, 0.6) is 0 Å². The number of hydrogen-bond donors (Lipinski definition) is 7. The van der Waals surface area contributed by atoms with Gasteiger partial charge in [0.15, 0.2) is 0 Å². The van der Waals surface area contributed by atoms with Crippen molar-refractivity contribution in [2.24, 2.45) is 4.99 Å². The van der Waals surface area contributed by atoms with Gasteiger partial charge in [0, 0.05) is 6.21 Å². The lowest BCUT2D eigenvalue weighted by Gasteiger charge is -2.23. The van der Waals surface area contributed by atoms with E-state index >= 15 is 0 Å². The van der Waals surface area contributed by atoms with Crippen molar-refractivity contribution >= 4 is 12.2 Å². The fraction of sp³-hybridized carbons (Fsp3) is 0.750. The summed E-state index contributed by atoms with van der Waals surface area (Å²) >= 11 is 0. The van der Waals surface area contributed by atoms with E-state index in [1.165, 1.54) is 0 Å². The van der Waals surface area contributed by atoms with Crippen LogP contribution in [-0.4, -0.2) is 80.6 Å². The highest BCUT2D eigenvalue weighted by atomic mass is 16.4. The summed E-state index contributed by atoms with van der Waals surface area (Å²) in [6.45, 7) is -1.44. The molecule has 0 aliphatic carbocycles. The van der Waals surface area contributed by atoms with Gasteiger partial charge in [0.25, 0.3) is 0 Å². The first-order valence-corrected chi connectivity index (χ1v) is 4.70. The van der Waals surface area contributed by atoms with Crippen molar-refractivity contribution in [3.05, 3.63) is 0 Å². The minimum absolute atomic E-state index is 0.628. The Hall–Kier alpha value is -1.10. The average Bonchev–Trinajstić information content (AvgIpc) is 2.33. The van der Waals surface area contributed by atoms with Gasteiger partial charge in [-0.3, -0.25) is 0 Å². The molecule has 0 heterocycles. The summed E-state index contributed by atoms with van der Waals surface area (Å²) < 4.78 is 0. The van der Waals surface area contributed by atoms with E-state index in [1.807, 2.05) is 5.32 Å². The summed E-state index contributed by atoms with van der Waals surface area (Å²) in [5.41, 5.74) is 0. The summed E-state index contributed by atoms with van der Waals surface area (Å²) in [5, 5.41) is 55.4. The SMILES string of the molecule is O=C(N=C[C@H](O)[C@H](O)[C@H](O)[C@@H](O)CO)NCO. The third-order valence-electron chi connectivity index (χ3n) is 1.86. The number of amides is 2. The fourth-order valence-electron chi connectivity index (χ4n) is 0.883. The number of hydrogen-bond acceptors (Lipinski definition) is 7. The molecule has 0 rings (SSSR count). The maximum absolute atomic E-state index is 10.7. The van der Waals surface area contributed by atoms with Gasteiger partial charge in [-0.25, -0.2) is 9.79 Å². The van der Waals surface area contributed by atoms with Crippen molar-refractivity contribution < 1.29 is 35.4 Å². The molecule has 0 aliphatic rings. The highest BCUT2D eigenvalue weighted by Gasteiger charge is 2.29. The molecule has 0 spiro atoms. The Morgan fingerprint density at radius 1 is 1.18 bits per heavy atom. The number of rotatable bonds is 6. The molecule has 0 fully saturated rings. The highest BCUT2D eigenvalue weighted by molar-refractivity contribution is 5.84. The molecule has 9 nitrogen and oxygen atoms in total. The van der Waals surface area contributed by atoms with Crippen LogP contribution in [0, 0.1) is 0 Å². The predicted octanol–water partition coefficient (Wildman–Crippen LogP) is -3.85. The minimum atomic E-state index is -1.82. The zero-order valence-corrected chi connectivity index (χ0v) is 8.84. The van der Waals surface area contributed by atoms with E-state index in [0.29, 0.717) is 6.21 Å². The second-order valence-electron chi connectivity index (χ2n) is 3.14. The molecule has 17 heavy (non-hydrogen) atoms. The fourth-order valence-corrected chi connectivity index (χ4v) is 0.883. The molecular formula is C8H16N2O7. The highest BCUT2D eigenvalue weighted by Crippen LogP contribution is 2.03. The zero-order chi connectivity index (χ0) is 13.4. The first kappa shape index (κ1) is 15.9. The summed E-state index contributed by atoms with van der Waals surface area (Å²) in [7, 11) is 0. The van der Waals surface area contributed by atoms with Crippen LogP contribution >= 0.6 is 0 Å². The molecule has 0 unspecified atom stereocenters. The molecule has 0 radical (unpaired) electrons. The Balaban J connectivity index is 4.30. The van der Waals surface area contributed by atoms with Gasteiger partial charge in [-0.2, -0.15) is 0 Å². The maximum atomic E-state index is 10.7. The van der Waals surface area contributed by atoms with Gasteiger partial charge in [0.1, 0.15) is 31.1 Å². The molecule has 2 amide bonds. The Morgan fingerprint density at radius 2 is 1.76 bits per heavy atom. The largest absolute Gasteiger partial charge is 0.394 e. The lowest BCUT2D eigenvalue weighted by Crippen LogP contribution is -2.46. The summed E-state index contributed by atoms with van der Waals surface area (Å²) in [6.07, 6.45) is -6.32. The van der Waals surface area contributed by atoms with Gasteiger partial charge >= 0.3 is 6.03 Å². The van der Waals surface area contributed by atoms with E-state index in [2.05, 4.69) is 4.99 Å². The van der Waals surface area contributed by atoms with Crippen LogP contribution in [0.15, 0.2) is 4.99 Å². The normalized spacial score (nSPS) is 18.7. The molecule has 0 aromatic heterocycles. The van der Waals surface area contributed by atoms with Crippen LogP contribution in [-0.2, 0) is 0 Å². The third-order valence-corrected chi connectivity index (χ3v) is 1.86. The van der Waals surface area contributed by atoms with Crippen LogP contribution < -0.4 is 5.32 Å². The number of urea groups is 1. The number of nitrogens with one attached hydrogen (secondary N) is 1. The molecule has 100 valence electrons. The smallest absolute Gasteiger partial charge is 0.342 e. The van der Waals surface area contributed by atoms with Gasteiger partial charge in [0.05, 0.1) is 6.61 Å². The van der Waals surface area contributed by atoms with Crippen LogP contribution in [0.1, 0.15) is 0 Å². The van der Waals surface area contributed by atoms with Gasteiger partial charge in [-0.1, -0.05) is 0 Å². The van der Waals surface area contributed by atoms with Gasteiger partial charge in [-0.05, 0) is 0 Å². The van der Waals surface area contributed by atoms with Crippen LogP contribution in [0.4, 0.5) is 4.79 Å². The van der Waals surface area contributed by atoms with Crippen LogP contribution in [0.3, 0.4) is 0 Å². The first-order chi connectivity index (χ1) is 7.93. The van der Waals surface area contributed by atoms with Crippen molar-refractivity contribution in [1.82, 2.24) is 5.32 Å². The van der Waals surface area contributed by atoms with E-state index < -0.39 is 43.8 Å². The number of aliphatic hydroxyl groups excluding tert-OH is 6. The maximum Gasteiger partial charge on any atom is 0.342 e. The standard InChI is InChI=1S/C8H16N2O7/c11-2-5(14)7(16)6(15)4(13)1-9-8(17)10-3-12/h1,4-7,11-16H,2-3H2,(H,10,17)/t4-,5-,6-,7+/m0/s1. The molecule has 0 aromatic carbocycles. The topological polar surface area (TPSA) is 163 Å².